The lowest BCUT2D eigenvalue weighted by Gasteiger charge is -2.29. The molecule has 3 heteroatoms. The van der Waals surface area contributed by atoms with Crippen molar-refractivity contribution in [2.24, 2.45) is 0 Å². The van der Waals surface area contributed by atoms with Crippen LogP contribution in [0.3, 0.4) is 0 Å². The van der Waals surface area contributed by atoms with Gasteiger partial charge in [-0.25, -0.2) is 0 Å². The third kappa shape index (κ3) is 2.27. The third-order valence-electron chi connectivity index (χ3n) is 2.42. The summed E-state index contributed by atoms with van der Waals surface area (Å²) in [5, 5.41) is 5.86. The lowest BCUT2D eigenvalue weighted by atomic mass is 10.2. The van der Waals surface area contributed by atoms with Gasteiger partial charge < -0.3 is 5.32 Å². The van der Waals surface area contributed by atoms with Crippen molar-refractivity contribution >= 4 is 23.1 Å². The van der Waals surface area contributed by atoms with Gasteiger partial charge in [0.25, 0.3) is 0 Å². The van der Waals surface area contributed by atoms with Crippen LogP contribution in [0.4, 0.5) is 0 Å². The SMILES string of the molecule is CCC1CSCC(c2cccs2)N1. The van der Waals surface area contributed by atoms with Crippen LogP contribution in [0.25, 0.3) is 0 Å². The van der Waals surface area contributed by atoms with E-state index in [0.29, 0.717) is 12.1 Å². The summed E-state index contributed by atoms with van der Waals surface area (Å²) in [5.41, 5.74) is 0. The van der Waals surface area contributed by atoms with Gasteiger partial charge in [-0.2, -0.15) is 11.8 Å². The van der Waals surface area contributed by atoms with E-state index in [2.05, 4.69) is 41.5 Å². The molecule has 1 nitrogen and oxygen atoms in total. The van der Waals surface area contributed by atoms with Crippen LogP contribution >= 0.6 is 23.1 Å². The van der Waals surface area contributed by atoms with E-state index in [-0.39, 0.29) is 0 Å². The molecule has 2 heterocycles. The monoisotopic (exact) mass is 213 g/mol. The fraction of sp³-hybridized carbons (Fsp3) is 0.600. The summed E-state index contributed by atoms with van der Waals surface area (Å²) in [5.74, 6) is 2.51. The fourth-order valence-corrected chi connectivity index (χ4v) is 3.75. The highest BCUT2D eigenvalue weighted by Gasteiger charge is 2.21. The van der Waals surface area contributed by atoms with Gasteiger partial charge in [-0.05, 0) is 17.9 Å². The lowest BCUT2D eigenvalue weighted by Crippen LogP contribution is -2.39. The van der Waals surface area contributed by atoms with Crippen LogP contribution in [0.5, 0.6) is 0 Å². The second-order valence-corrected chi connectivity index (χ2v) is 5.43. The molecule has 1 saturated heterocycles. The Balaban J connectivity index is 2.00. The molecule has 0 radical (unpaired) electrons. The summed E-state index contributed by atoms with van der Waals surface area (Å²) in [4.78, 5) is 1.49. The van der Waals surface area contributed by atoms with Crippen LogP contribution in [-0.4, -0.2) is 17.5 Å². The quantitative estimate of drug-likeness (QED) is 0.810. The van der Waals surface area contributed by atoms with Crippen molar-refractivity contribution < 1.29 is 0 Å². The number of rotatable bonds is 2. The van der Waals surface area contributed by atoms with E-state index < -0.39 is 0 Å². The van der Waals surface area contributed by atoms with Crippen molar-refractivity contribution in [3.05, 3.63) is 22.4 Å². The number of hydrogen-bond acceptors (Lipinski definition) is 3. The largest absolute Gasteiger partial charge is 0.305 e. The molecule has 1 aliphatic rings. The Labute approximate surface area is 87.9 Å². The Morgan fingerprint density at radius 2 is 2.46 bits per heavy atom. The molecular formula is C10H15NS2. The Hall–Kier alpha value is 0.01000. The second kappa shape index (κ2) is 4.49. The normalized spacial score (nSPS) is 29.0. The molecule has 2 rings (SSSR count). The van der Waals surface area contributed by atoms with Gasteiger partial charge >= 0.3 is 0 Å². The summed E-state index contributed by atoms with van der Waals surface area (Å²) in [6.45, 7) is 2.26. The van der Waals surface area contributed by atoms with Gasteiger partial charge in [-0.1, -0.05) is 13.0 Å². The molecule has 72 valence electrons. The topological polar surface area (TPSA) is 12.0 Å². The molecule has 1 fully saturated rings. The third-order valence-corrected chi connectivity index (χ3v) is 4.61. The van der Waals surface area contributed by atoms with Gasteiger partial charge in [-0.3, -0.25) is 0 Å². The Morgan fingerprint density at radius 3 is 3.15 bits per heavy atom. The molecule has 0 bridgehead atoms. The van der Waals surface area contributed by atoms with Crippen LogP contribution < -0.4 is 5.32 Å². The molecule has 0 amide bonds. The summed E-state index contributed by atoms with van der Waals surface area (Å²) >= 11 is 3.94. The van der Waals surface area contributed by atoms with Crippen molar-refractivity contribution in [3.63, 3.8) is 0 Å². The van der Waals surface area contributed by atoms with Crippen LogP contribution in [0, 0.1) is 0 Å². The van der Waals surface area contributed by atoms with Gasteiger partial charge in [0, 0.05) is 22.4 Å². The van der Waals surface area contributed by atoms with Crippen molar-refractivity contribution in [1.29, 1.82) is 0 Å². The highest BCUT2D eigenvalue weighted by molar-refractivity contribution is 7.99. The number of nitrogens with one attached hydrogen (secondary N) is 1. The van der Waals surface area contributed by atoms with Crippen molar-refractivity contribution in [1.82, 2.24) is 5.32 Å². The van der Waals surface area contributed by atoms with Crippen molar-refractivity contribution in [2.75, 3.05) is 11.5 Å². The molecule has 1 aromatic rings. The van der Waals surface area contributed by atoms with Crippen LogP contribution in [0.1, 0.15) is 24.3 Å². The minimum absolute atomic E-state index is 0.601. The number of thiophene rings is 1. The fourth-order valence-electron chi connectivity index (χ4n) is 1.60. The molecule has 1 aromatic heterocycles. The van der Waals surface area contributed by atoms with E-state index in [1.807, 2.05) is 11.3 Å². The Morgan fingerprint density at radius 1 is 1.54 bits per heavy atom. The van der Waals surface area contributed by atoms with Crippen LogP contribution in [0.2, 0.25) is 0 Å². The van der Waals surface area contributed by atoms with E-state index >= 15 is 0 Å². The standard InChI is InChI=1S/C10H15NS2/c1-2-8-6-12-7-9(11-8)10-4-3-5-13-10/h3-5,8-9,11H,2,6-7H2,1H3. The first kappa shape index (κ1) is 9.56. The zero-order valence-corrected chi connectivity index (χ0v) is 9.46. The maximum atomic E-state index is 3.70. The van der Waals surface area contributed by atoms with Crippen molar-refractivity contribution in [3.8, 4) is 0 Å². The van der Waals surface area contributed by atoms with Crippen molar-refractivity contribution in [2.45, 2.75) is 25.4 Å². The van der Waals surface area contributed by atoms with E-state index in [1.165, 1.54) is 22.8 Å². The highest BCUT2D eigenvalue weighted by Crippen LogP contribution is 2.27. The summed E-state index contributed by atoms with van der Waals surface area (Å²) in [7, 11) is 0. The Kier molecular flexibility index (Phi) is 3.30. The lowest BCUT2D eigenvalue weighted by molar-refractivity contribution is 0.470. The molecule has 0 spiro atoms. The maximum absolute atomic E-state index is 3.70. The molecule has 2 unspecified atom stereocenters. The summed E-state index contributed by atoms with van der Waals surface area (Å²) < 4.78 is 0. The molecule has 0 aliphatic carbocycles. The minimum atomic E-state index is 0.601. The van der Waals surface area contributed by atoms with Gasteiger partial charge in [-0.15, -0.1) is 11.3 Å². The van der Waals surface area contributed by atoms with Gasteiger partial charge in [0.1, 0.15) is 0 Å². The maximum Gasteiger partial charge on any atom is 0.0509 e. The smallest absolute Gasteiger partial charge is 0.0509 e. The van der Waals surface area contributed by atoms with Gasteiger partial charge in [0.2, 0.25) is 0 Å². The zero-order chi connectivity index (χ0) is 9.10. The molecular weight excluding hydrogens is 198 g/mol. The first-order chi connectivity index (χ1) is 6.40. The Bertz CT molecular complexity index is 245. The molecule has 0 saturated carbocycles. The zero-order valence-electron chi connectivity index (χ0n) is 7.82. The average Bonchev–Trinajstić information content (AvgIpc) is 2.71. The molecule has 2 atom stereocenters. The van der Waals surface area contributed by atoms with E-state index in [4.69, 9.17) is 0 Å². The second-order valence-electron chi connectivity index (χ2n) is 3.38. The van der Waals surface area contributed by atoms with E-state index in [1.54, 1.807) is 0 Å². The molecule has 1 aliphatic heterocycles. The summed E-state index contributed by atoms with van der Waals surface area (Å²) in [6, 6.07) is 5.69. The predicted molar refractivity (Wildman–Crippen MR) is 61.6 cm³/mol. The van der Waals surface area contributed by atoms with Gasteiger partial charge in [0.05, 0.1) is 6.04 Å². The van der Waals surface area contributed by atoms with Crippen LogP contribution in [0.15, 0.2) is 17.5 Å². The van der Waals surface area contributed by atoms with E-state index in [9.17, 15) is 0 Å². The number of thioether (sulfide) groups is 1. The molecule has 13 heavy (non-hydrogen) atoms. The minimum Gasteiger partial charge on any atom is -0.305 e. The molecule has 0 aromatic carbocycles. The number of hydrogen-bond donors (Lipinski definition) is 1. The first-order valence-corrected chi connectivity index (χ1v) is 6.80. The van der Waals surface area contributed by atoms with E-state index in [0.717, 1.165) is 0 Å². The first-order valence-electron chi connectivity index (χ1n) is 4.77. The average molecular weight is 213 g/mol. The highest BCUT2D eigenvalue weighted by atomic mass is 32.2. The summed E-state index contributed by atoms with van der Waals surface area (Å²) in [6.07, 6.45) is 1.24. The predicted octanol–water partition coefficient (Wildman–Crippen LogP) is 2.90. The molecule has 1 N–H and O–H groups in total. The van der Waals surface area contributed by atoms with Crippen LogP contribution in [-0.2, 0) is 0 Å². The van der Waals surface area contributed by atoms with Gasteiger partial charge in [0.15, 0.2) is 0 Å².